The number of methoxy groups -OCH3 is 1. The van der Waals surface area contributed by atoms with E-state index < -0.39 is 103 Å². The van der Waals surface area contributed by atoms with Crippen molar-refractivity contribution in [1.82, 2.24) is 9.80 Å². The predicted molar refractivity (Wildman–Crippen MR) is 221 cm³/mol. The van der Waals surface area contributed by atoms with Gasteiger partial charge in [-0.15, -0.1) is 6.58 Å². The van der Waals surface area contributed by atoms with E-state index in [9.17, 15) is 29.4 Å². The largest absolute Gasteiger partial charge is 0.462 e. The van der Waals surface area contributed by atoms with E-state index in [1.165, 1.54) is 14.0 Å². The second-order valence-electron chi connectivity index (χ2n) is 17.8. The van der Waals surface area contributed by atoms with Gasteiger partial charge in [0.25, 0.3) is 0 Å². The first-order valence-electron chi connectivity index (χ1n) is 21.3. The third-order valence-corrected chi connectivity index (χ3v) is 11.6. The van der Waals surface area contributed by atoms with E-state index in [0.29, 0.717) is 19.4 Å². The van der Waals surface area contributed by atoms with Crippen molar-refractivity contribution >= 4 is 24.2 Å². The second-order valence-corrected chi connectivity index (χ2v) is 17.8. The van der Waals surface area contributed by atoms with E-state index in [4.69, 9.17) is 37.9 Å². The number of esters is 3. The highest BCUT2D eigenvalue weighted by molar-refractivity contribution is 5.72. The molecule has 16 nitrogen and oxygen atoms in total. The molecule has 16 heteroatoms. The van der Waals surface area contributed by atoms with E-state index in [1.54, 1.807) is 46.7 Å². The third kappa shape index (κ3) is 14.4. The number of aliphatic hydroxyl groups is 2. The van der Waals surface area contributed by atoms with Crippen LogP contribution in [-0.4, -0.2) is 164 Å². The van der Waals surface area contributed by atoms with Crippen LogP contribution in [-0.2, 0) is 57.1 Å². The van der Waals surface area contributed by atoms with Gasteiger partial charge in [0.05, 0.1) is 30.8 Å². The molecule has 60 heavy (non-hydrogen) atoms. The number of aldehydes is 1. The topological polar surface area (TPSA) is 189 Å². The van der Waals surface area contributed by atoms with Crippen LogP contribution in [0.5, 0.6) is 0 Å². The van der Waals surface area contributed by atoms with Crippen LogP contribution in [0.4, 0.5) is 0 Å². The quantitative estimate of drug-likeness (QED) is 0.105. The molecule has 2 fully saturated rings. The fourth-order valence-electron chi connectivity index (χ4n) is 8.87. The molecule has 16 atom stereocenters. The first kappa shape index (κ1) is 51.5. The van der Waals surface area contributed by atoms with Gasteiger partial charge in [-0.3, -0.25) is 19.3 Å². The molecule has 0 saturated carbocycles. The molecule has 2 N–H and O–H groups in total. The highest BCUT2D eigenvalue weighted by Gasteiger charge is 2.53. The van der Waals surface area contributed by atoms with Gasteiger partial charge in [-0.1, -0.05) is 39.0 Å². The Morgan fingerprint density at radius 2 is 1.73 bits per heavy atom. The molecule has 2 saturated heterocycles. The molecule has 344 valence electrons. The van der Waals surface area contributed by atoms with Crippen molar-refractivity contribution in [3.63, 3.8) is 0 Å². The van der Waals surface area contributed by atoms with Gasteiger partial charge in [0.15, 0.2) is 18.7 Å². The van der Waals surface area contributed by atoms with Gasteiger partial charge >= 0.3 is 17.9 Å². The number of aliphatic hydroxyl groups excluding tert-OH is 1. The van der Waals surface area contributed by atoms with Crippen LogP contribution in [0.2, 0.25) is 0 Å². The molecule has 0 aromatic heterocycles. The second kappa shape index (κ2) is 23.6. The SMILES string of the molecule is C=CCN(C)[C@H]1/C=C/C[C@@H](C)OC(=O)C[C@@H](OC(C)=O)[C@H](OC)[C@@H](O[C@@H]2O[C@H](C)C(O[C@H]3C[C@@](C)(O)[C@@H](OC(=O)CC(C)C)[C@H](C)O3)[C@H](N(C)C)[C@H]2O)[C@@H](CC=O)C[C@H]1C. The van der Waals surface area contributed by atoms with Crippen LogP contribution < -0.4 is 0 Å². The molecule has 3 aliphatic rings. The first-order valence-corrected chi connectivity index (χ1v) is 21.3. The monoisotopic (exact) mass is 855 g/mol. The Hall–Kier alpha value is -2.80. The summed E-state index contributed by atoms with van der Waals surface area (Å²) in [5.41, 5.74) is -1.49. The lowest BCUT2D eigenvalue weighted by Gasteiger charge is -2.50. The number of carbonyl (C=O) groups excluding carboxylic acids is 4. The molecule has 3 heterocycles. The molecule has 0 spiro atoms. The summed E-state index contributed by atoms with van der Waals surface area (Å²) in [6, 6.07) is -0.871. The number of likely N-dealkylation sites (N-methyl/N-ethyl adjacent to an activating group) is 2. The van der Waals surface area contributed by atoms with Crippen molar-refractivity contribution in [1.29, 1.82) is 0 Å². The predicted octanol–water partition coefficient (Wildman–Crippen LogP) is 3.58. The molecule has 3 aliphatic heterocycles. The van der Waals surface area contributed by atoms with Crippen LogP contribution in [0, 0.1) is 17.8 Å². The van der Waals surface area contributed by atoms with Crippen molar-refractivity contribution in [2.24, 2.45) is 17.8 Å². The Kier molecular flexibility index (Phi) is 20.3. The molecule has 0 amide bonds. The summed E-state index contributed by atoms with van der Waals surface area (Å²) in [7, 11) is 6.93. The number of nitrogens with zero attached hydrogens (tertiary/aromatic N) is 2. The lowest BCUT2D eigenvalue weighted by molar-refractivity contribution is -0.344. The minimum Gasteiger partial charge on any atom is -0.462 e. The molecule has 0 aliphatic carbocycles. The van der Waals surface area contributed by atoms with Gasteiger partial charge in [-0.25, -0.2) is 0 Å². The van der Waals surface area contributed by atoms with Gasteiger partial charge < -0.3 is 57.8 Å². The van der Waals surface area contributed by atoms with Gasteiger partial charge in [0, 0.05) is 52.3 Å². The zero-order valence-corrected chi connectivity index (χ0v) is 37.9. The van der Waals surface area contributed by atoms with Gasteiger partial charge in [-0.2, -0.15) is 0 Å². The summed E-state index contributed by atoms with van der Waals surface area (Å²) in [4.78, 5) is 54.9. The summed E-state index contributed by atoms with van der Waals surface area (Å²) in [6.07, 6.45) is -3.31. The zero-order valence-electron chi connectivity index (χ0n) is 37.9. The molecule has 0 radical (unpaired) electrons. The summed E-state index contributed by atoms with van der Waals surface area (Å²) >= 11 is 0. The fourth-order valence-corrected chi connectivity index (χ4v) is 8.87. The maximum atomic E-state index is 13.4. The Bertz CT molecular complexity index is 1420. The first-order chi connectivity index (χ1) is 28.1. The van der Waals surface area contributed by atoms with E-state index in [0.717, 1.165) is 6.29 Å². The average molecular weight is 855 g/mol. The minimum absolute atomic E-state index is 0.0108. The maximum Gasteiger partial charge on any atom is 0.309 e. The van der Waals surface area contributed by atoms with Crippen LogP contribution in [0.1, 0.15) is 93.9 Å². The van der Waals surface area contributed by atoms with Crippen LogP contribution >= 0.6 is 0 Å². The van der Waals surface area contributed by atoms with Gasteiger partial charge in [-0.05, 0) is 73.0 Å². The minimum atomic E-state index is -1.49. The van der Waals surface area contributed by atoms with Crippen molar-refractivity contribution in [3.05, 3.63) is 24.8 Å². The van der Waals surface area contributed by atoms with Crippen LogP contribution in [0.3, 0.4) is 0 Å². The Labute approximate surface area is 357 Å². The molecular formula is C44H74N2O14. The van der Waals surface area contributed by atoms with Crippen LogP contribution in [0.25, 0.3) is 0 Å². The summed E-state index contributed by atoms with van der Waals surface area (Å²) < 4.78 is 49.1. The van der Waals surface area contributed by atoms with E-state index in [-0.39, 0.29) is 43.6 Å². The number of rotatable bonds is 15. The Balaban J connectivity index is 2.01. The molecule has 3 rings (SSSR count). The number of hydrogen-bond donors (Lipinski definition) is 2. The standard InChI is InChI=1S/C44H74N2O14/c1-14-19-46(12)32-17-15-16-27(5)54-35(50)23-33(57-30(8)48)41(53-13)40(31(18-20-47)22-26(32)4)60-43-38(51)37(45(10)11)39(28(6)56-43)59-36-24-44(9,52)42(29(7)55-36)58-34(49)21-25(2)3/h14-15,17,20,25-29,31-33,36-43,51-52H,1,16,18-19,21-24H2,2-13H3/b17-15+/t26-,27-,28-,29+,31+,32+,33-,36+,37-,38-,39?,40+,41+,42+,43+,44-/m1/s1. The molecule has 1 unspecified atom stereocenters. The number of hydrogen-bond acceptors (Lipinski definition) is 16. The smallest absolute Gasteiger partial charge is 0.309 e. The normalized spacial score (nSPS) is 39.1. The number of cyclic esters (lactones) is 1. The molecule has 0 bridgehead atoms. The lowest BCUT2D eigenvalue weighted by Crippen LogP contribution is -2.66. The van der Waals surface area contributed by atoms with E-state index >= 15 is 0 Å². The summed E-state index contributed by atoms with van der Waals surface area (Å²) in [5.74, 6) is -2.27. The van der Waals surface area contributed by atoms with Crippen LogP contribution in [0.15, 0.2) is 24.8 Å². The molecule has 0 aromatic rings. The highest BCUT2D eigenvalue weighted by atomic mass is 16.7. The number of carbonyl (C=O) groups is 4. The summed E-state index contributed by atoms with van der Waals surface area (Å²) in [5, 5.41) is 23.7. The van der Waals surface area contributed by atoms with Crippen molar-refractivity contribution < 1.29 is 67.3 Å². The molecular weight excluding hydrogens is 780 g/mol. The summed E-state index contributed by atoms with van der Waals surface area (Å²) in [6.45, 7) is 18.4. The zero-order chi connectivity index (χ0) is 45.1. The third-order valence-electron chi connectivity index (χ3n) is 11.6. The lowest BCUT2D eigenvalue weighted by atomic mass is 9.81. The number of ether oxygens (including phenoxy) is 8. The average Bonchev–Trinajstić information content (AvgIpc) is 3.12. The Morgan fingerprint density at radius 1 is 1.05 bits per heavy atom. The van der Waals surface area contributed by atoms with Gasteiger partial charge in [0.2, 0.25) is 0 Å². The molecule has 0 aromatic carbocycles. The van der Waals surface area contributed by atoms with Crippen molar-refractivity contribution in [3.8, 4) is 0 Å². The van der Waals surface area contributed by atoms with Crippen molar-refractivity contribution in [2.45, 2.75) is 179 Å². The van der Waals surface area contributed by atoms with E-state index in [1.807, 2.05) is 33.0 Å². The Morgan fingerprint density at radius 3 is 2.30 bits per heavy atom. The van der Waals surface area contributed by atoms with E-state index in [2.05, 4.69) is 24.5 Å². The fraction of sp³-hybridized carbons (Fsp3) is 0.818. The highest BCUT2D eigenvalue weighted by Crippen LogP contribution is 2.38. The van der Waals surface area contributed by atoms with Gasteiger partial charge in [0.1, 0.15) is 42.4 Å². The van der Waals surface area contributed by atoms with Crippen molar-refractivity contribution in [2.75, 3.05) is 34.8 Å². The maximum absolute atomic E-state index is 13.4.